The Bertz CT molecular complexity index is 444. The van der Waals surface area contributed by atoms with Crippen molar-refractivity contribution in [3.05, 3.63) is 23.7 Å². The van der Waals surface area contributed by atoms with Gasteiger partial charge in [0.1, 0.15) is 17.6 Å². The first-order chi connectivity index (χ1) is 8.38. The van der Waals surface area contributed by atoms with E-state index in [1.807, 2.05) is 26.0 Å². The van der Waals surface area contributed by atoms with Crippen molar-refractivity contribution >= 4 is 5.97 Å². The number of alkyl halides is 2. The summed E-state index contributed by atoms with van der Waals surface area (Å²) in [7, 11) is 0. The molecular formula is C12H15F2NO3. The van der Waals surface area contributed by atoms with Crippen LogP contribution in [0, 0.1) is 6.92 Å². The zero-order chi connectivity index (χ0) is 13.3. The van der Waals surface area contributed by atoms with Gasteiger partial charge in [0.25, 0.3) is 0 Å². The summed E-state index contributed by atoms with van der Waals surface area (Å²) in [4.78, 5) is 10.8. The number of cyclic esters (lactones) is 1. The van der Waals surface area contributed by atoms with Crippen LogP contribution in [0.15, 0.2) is 16.5 Å². The number of aryl methyl sites for hydroxylation is 1. The normalized spacial score (nSPS) is 24.0. The van der Waals surface area contributed by atoms with Crippen LogP contribution in [-0.2, 0) is 9.53 Å². The number of furan rings is 1. The molecule has 1 saturated heterocycles. The third kappa shape index (κ3) is 2.69. The summed E-state index contributed by atoms with van der Waals surface area (Å²) in [6.45, 7) is 3.87. The fraction of sp³-hybridized carbons (Fsp3) is 0.583. The Kier molecular flexibility index (Phi) is 3.38. The Labute approximate surface area is 103 Å². The van der Waals surface area contributed by atoms with Crippen molar-refractivity contribution in [2.24, 2.45) is 0 Å². The standard InChI is InChI=1S/C12H15F2NO3/c1-7-3-4-10(17-7)8(2)15-6-9-5-12(13,14)11(16)18-9/h3-4,8-9,15H,5-6H2,1-2H3. The van der Waals surface area contributed by atoms with Gasteiger partial charge in [0.05, 0.1) is 12.5 Å². The van der Waals surface area contributed by atoms with Gasteiger partial charge in [-0.2, -0.15) is 8.78 Å². The average Bonchev–Trinajstić information content (AvgIpc) is 2.81. The van der Waals surface area contributed by atoms with E-state index < -0.39 is 24.4 Å². The molecule has 0 amide bonds. The second kappa shape index (κ2) is 4.68. The lowest BCUT2D eigenvalue weighted by Gasteiger charge is -2.14. The van der Waals surface area contributed by atoms with Crippen LogP contribution in [0.4, 0.5) is 8.78 Å². The molecule has 2 rings (SSSR count). The Morgan fingerprint density at radius 3 is 2.78 bits per heavy atom. The Balaban J connectivity index is 1.84. The zero-order valence-corrected chi connectivity index (χ0v) is 10.2. The van der Waals surface area contributed by atoms with Crippen LogP contribution in [-0.4, -0.2) is 24.5 Å². The summed E-state index contributed by atoms with van der Waals surface area (Å²) in [6.07, 6.45) is -1.35. The van der Waals surface area contributed by atoms with Crippen molar-refractivity contribution in [2.45, 2.75) is 38.3 Å². The number of carbonyl (C=O) groups is 1. The molecule has 1 aliphatic rings. The summed E-state index contributed by atoms with van der Waals surface area (Å²) in [5.74, 6) is -3.27. The van der Waals surface area contributed by atoms with Gasteiger partial charge < -0.3 is 14.5 Å². The summed E-state index contributed by atoms with van der Waals surface area (Å²) in [5.41, 5.74) is 0. The molecule has 0 saturated carbocycles. The van der Waals surface area contributed by atoms with Crippen LogP contribution in [0.5, 0.6) is 0 Å². The van der Waals surface area contributed by atoms with Crippen LogP contribution in [0.1, 0.15) is 30.9 Å². The van der Waals surface area contributed by atoms with E-state index in [2.05, 4.69) is 10.1 Å². The fourth-order valence-corrected chi connectivity index (χ4v) is 1.86. The SMILES string of the molecule is Cc1ccc(C(C)NCC2CC(F)(F)C(=O)O2)o1. The number of hydrogen-bond donors (Lipinski definition) is 1. The highest BCUT2D eigenvalue weighted by Gasteiger charge is 2.50. The van der Waals surface area contributed by atoms with E-state index in [1.54, 1.807) is 0 Å². The summed E-state index contributed by atoms with van der Waals surface area (Å²) >= 11 is 0. The van der Waals surface area contributed by atoms with Crippen LogP contribution in [0.3, 0.4) is 0 Å². The van der Waals surface area contributed by atoms with Crippen LogP contribution in [0.25, 0.3) is 0 Å². The highest BCUT2D eigenvalue weighted by molar-refractivity contribution is 5.79. The van der Waals surface area contributed by atoms with Crippen LogP contribution in [0.2, 0.25) is 0 Å². The van der Waals surface area contributed by atoms with Gasteiger partial charge in [-0.1, -0.05) is 0 Å². The molecule has 0 spiro atoms. The molecule has 2 heterocycles. The summed E-state index contributed by atoms with van der Waals surface area (Å²) in [6, 6.07) is 3.53. The predicted octanol–water partition coefficient (Wildman–Crippen LogP) is 2.19. The van der Waals surface area contributed by atoms with E-state index in [-0.39, 0.29) is 12.6 Å². The second-order valence-electron chi connectivity index (χ2n) is 4.51. The molecule has 0 aliphatic carbocycles. The number of nitrogens with one attached hydrogen (secondary N) is 1. The van der Waals surface area contributed by atoms with Crippen molar-refractivity contribution in [1.29, 1.82) is 0 Å². The number of carbonyl (C=O) groups excluding carboxylic acids is 1. The third-order valence-electron chi connectivity index (χ3n) is 2.90. The second-order valence-corrected chi connectivity index (χ2v) is 4.51. The maximum absolute atomic E-state index is 12.9. The molecule has 18 heavy (non-hydrogen) atoms. The van der Waals surface area contributed by atoms with Gasteiger partial charge in [-0.25, -0.2) is 4.79 Å². The van der Waals surface area contributed by atoms with Crippen molar-refractivity contribution in [1.82, 2.24) is 5.32 Å². The van der Waals surface area contributed by atoms with Crippen molar-refractivity contribution < 1.29 is 22.7 Å². The lowest BCUT2D eigenvalue weighted by atomic mass is 10.2. The molecule has 0 aromatic carbocycles. The molecule has 1 fully saturated rings. The van der Waals surface area contributed by atoms with E-state index >= 15 is 0 Å². The van der Waals surface area contributed by atoms with E-state index in [0.717, 1.165) is 11.5 Å². The molecule has 0 bridgehead atoms. The first kappa shape index (κ1) is 13.0. The van der Waals surface area contributed by atoms with E-state index in [4.69, 9.17) is 4.42 Å². The third-order valence-corrected chi connectivity index (χ3v) is 2.90. The van der Waals surface area contributed by atoms with Gasteiger partial charge in [-0.15, -0.1) is 0 Å². The summed E-state index contributed by atoms with van der Waals surface area (Å²) < 4.78 is 35.8. The van der Waals surface area contributed by atoms with Crippen molar-refractivity contribution in [3.63, 3.8) is 0 Å². The maximum atomic E-state index is 12.9. The smallest absolute Gasteiger partial charge is 0.377 e. The molecule has 1 N–H and O–H groups in total. The van der Waals surface area contributed by atoms with Crippen molar-refractivity contribution in [3.8, 4) is 0 Å². The molecule has 6 heteroatoms. The van der Waals surface area contributed by atoms with Gasteiger partial charge >= 0.3 is 11.9 Å². The minimum atomic E-state index is -3.35. The van der Waals surface area contributed by atoms with E-state index in [1.165, 1.54) is 0 Å². The molecule has 0 radical (unpaired) electrons. The van der Waals surface area contributed by atoms with Gasteiger partial charge in [0.15, 0.2) is 0 Å². The predicted molar refractivity (Wildman–Crippen MR) is 59.3 cm³/mol. The topological polar surface area (TPSA) is 51.5 Å². The number of hydrogen-bond acceptors (Lipinski definition) is 4. The Morgan fingerprint density at radius 1 is 1.56 bits per heavy atom. The first-order valence-electron chi connectivity index (χ1n) is 5.77. The highest BCUT2D eigenvalue weighted by atomic mass is 19.3. The molecule has 1 aromatic rings. The van der Waals surface area contributed by atoms with Gasteiger partial charge in [0.2, 0.25) is 0 Å². The molecule has 4 nitrogen and oxygen atoms in total. The van der Waals surface area contributed by atoms with Gasteiger partial charge in [-0.05, 0) is 26.0 Å². The minimum absolute atomic E-state index is 0.119. The van der Waals surface area contributed by atoms with Crippen molar-refractivity contribution in [2.75, 3.05) is 6.54 Å². The minimum Gasteiger partial charge on any atom is -0.465 e. The summed E-state index contributed by atoms with van der Waals surface area (Å²) in [5, 5.41) is 3.01. The highest BCUT2D eigenvalue weighted by Crippen LogP contribution is 2.30. The quantitative estimate of drug-likeness (QED) is 0.842. The molecule has 100 valence electrons. The zero-order valence-electron chi connectivity index (χ0n) is 10.2. The molecular weight excluding hydrogens is 244 g/mol. The Hall–Kier alpha value is -1.43. The van der Waals surface area contributed by atoms with Crippen LogP contribution >= 0.6 is 0 Å². The van der Waals surface area contributed by atoms with E-state index in [0.29, 0.717) is 0 Å². The molecule has 1 aliphatic heterocycles. The largest absolute Gasteiger partial charge is 0.465 e. The number of esters is 1. The molecule has 2 unspecified atom stereocenters. The number of rotatable bonds is 4. The maximum Gasteiger partial charge on any atom is 0.377 e. The van der Waals surface area contributed by atoms with E-state index in [9.17, 15) is 13.6 Å². The van der Waals surface area contributed by atoms with Gasteiger partial charge in [-0.3, -0.25) is 0 Å². The fourth-order valence-electron chi connectivity index (χ4n) is 1.86. The van der Waals surface area contributed by atoms with Crippen LogP contribution < -0.4 is 5.32 Å². The Morgan fingerprint density at radius 2 is 2.28 bits per heavy atom. The first-order valence-corrected chi connectivity index (χ1v) is 5.77. The molecule has 1 aromatic heterocycles. The lowest BCUT2D eigenvalue weighted by Crippen LogP contribution is -2.29. The average molecular weight is 259 g/mol. The number of ether oxygens (including phenoxy) is 1. The lowest BCUT2D eigenvalue weighted by molar-refractivity contribution is -0.159. The molecule has 2 atom stereocenters. The monoisotopic (exact) mass is 259 g/mol. The van der Waals surface area contributed by atoms with Gasteiger partial charge in [0, 0.05) is 6.54 Å². The number of halogens is 2.